The van der Waals surface area contributed by atoms with E-state index in [1.54, 1.807) is 36.4 Å². The van der Waals surface area contributed by atoms with Gasteiger partial charge in [-0.3, -0.25) is 9.59 Å². The summed E-state index contributed by atoms with van der Waals surface area (Å²) in [4.78, 5) is 24.2. The first-order valence-corrected chi connectivity index (χ1v) is 7.80. The number of nitrogens with one attached hydrogen (secondary N) is 2. The summed E-state index contributed by atoms with van der Waals surface area (Å²) >= 11 is 0. The van der Waals surface area contributed by atoms with Crippen LogP contribution in [0.4, 0.5) is 15.8 Å². The van der Waals surface area contributed by atoms with Crippen LogP contribution in [0.25, 0.3) is 6.08 Å². The number of carbonyl (C=O) groups excluding carboxylic acids is 2. The largest absolute Gasteiger partial charge is 0.465 e. The molecular weight excluding hydrogens is 335 g/mol. The lowest BCUT2D eigenvalue weighted by atomic mass is 10.1. The van der Waals surface area contributed by atoms with Gasteiger partial charge in [-0.05, 0) is 54.6 Å². The maximum atomic E-state index is 13.2. The Morgan fingerprint density at radius 1 is 0.923 bits per heavy atom. The highest BCUT2D eigenvalue weighted by Gasteiger charge is 2.08. The summed E-state index contributed by atoms with van der Waals surface area (Å²) in [7, 11) is 0. The molecule has 0 saturated carbocycles. The van der Waals surface area contributed by atoms with Gasteiger partial charge in [0.1, 0.15) is 11.6 Å². The summed E-state index contributed by atoms with van der Waals surface area (Å²) in [6.07, 6.45) is 4.38. The minimum atomic E-state index is -0.438. The molecule has 0 bridgehead atoms. The Balaban J connectivity index is 1.65. The quantitative estimate of drug-likeness (QED) is 0.673. The zero-order valence-electron chi connectivity index (χ0n) is 13.6. The molecule has 1 aromatic heterocycles. The van der Waals surface area contributed by atoms with E-state index in [1.807, 2.05) is 0 Å². The third-order valence-electron chi connectivity index (χ3n) is 3.42. The molecule has 0 aliphatic rings. The average Bonchev–Trinajstić information content (AvgIpc) is 3.14. The van der Waals surface area contributed by atoms with Crippen LogP contribution in [0.5, 0.6) is 0 Å². The summed E-state index contributed by atoms with van der Waals surface area (Å²) in [5.41, 5.74) is 1.15. The second-order valence-electron chi connectivity index (χ2n) is 5.38. The summed E-state index contributed by atoms with van der Waals surface area (Å²) in [6.45, 7) is 0. The zero-order chi connectivity index (χ0) is 18.4. The van der Waals surface area contributed by atoms with Gasteiger partial charge >= 0.3 is 0 Å². The number of furan rings is 1. The summed E-state index contributed by atoms with van der Waals surface area (Å²) in [5.74, 6) is -0.641. The predicted octanol–water partition coefficient (Wildman–Crippen LogP) is 4.32. The van der Waals surface area contributed by atoms with Crippen LogP contribution in [0.1, 0.15) is 16.1 Å². The van der Waals surface area contributed by atoms with Crippen molar-refractivity contribution in [1.29, 1.82) is 0 Å². The third kappa shape index (κ3) is 4.67. The number of rotatable bonds is 5. The Hall–Kier alpha value is -3.67. The molecule has 2 N–H and O–H groups in total. The van der Waals surface area contributed by atoms with E-state index in [1.165, 1.54) is 42.7 Å². The van der Waals surface area contributed by atoms with Gasteiger partial charge in [-0.25, -0.2) is 4.39 Å². The van der Waals surface area contributed by atoms with Crippen molar-refractivity contribution < 1.29 is 18.4 Å². The van der Waals surface area contributed by atoms with Crippen LogP contribution in [0.3, 0.4) is 0 Å². The molecule has 0 saturated heterocycles. The topological polar surface area (TPSA) is 71.3 Å². The van der Waals surface area contributed by atoms with E-state index in [0.717, 1.165) is 0 Å². The van der Waals surface area contributed by atoms with Crippen molar-refractivity contribution in [3.05, 3.63) is 90.1 Å². The van der Waals surface area contributed by atoms with E-state index < -0.39 is 11.7 Å². The molecule has 5 nitrogen and oxygen atoms in total. The first-order valence-electron chi connectivity index (χ1n) is 7.80. The molecule has 0 fully saturated rings. The van der Waals surface area contributed by atoms with E-state index in [0.29, 0.717) is 22.7 Å². The van der Waals surface area contributed by atoms with Crippen LogP contribution >= 0.6 is 0 Å². The lowest BCUT2D eigenvalue weighted by molar-refractivity contribution is -0.111. The van der Waals surface area contributed by atoms with Gasteiger partial charge in [0.15, 0.2) is 0 Å². The van der Waals surface area contributed by atoms with Crippen molar-refractivity contribution in [2.45, 2.75) is 0 Å². The van der Waals surface area contributed by atoms with E-state index in [-0.39, 0.29) is 5.91 Å². The van der Waals surface area contributed by atoms with Gasteiger partial charge in [-0.15, -0.1) is 0 Å². The maximum absolute atomic E-state index is 13.2. The minimum absolute atomic E-state index is 0.335. The lowest BCUT2D eigenvalue weighted by Crippen LogP contribution is -2.13. The van der Waals surface area contributed by atoms with Crippen LogP contribution in [-0.2, 0) is 4.79 Å². The molecule has 2 aromatic carbocycles. The van der Waals surface area contributed by atoms with E-state index >= 15 is 0 Å². The highest BCUT2D eigenvalue weighted by molar-refractivity contribution is 6.06. The van der Waals surface area contributed by atoms with Crippen molar-refractivity contribution in [3.8, 4) is 0 Å². The van der Waals surface area contributed by atoms with Crippen molar-refractivity contribution in [1.82, 2.24) is 0 Å². The SMILES string of the molecule is O=C(C=Cc1ccco1)Nc1cccc(C(=O)Nc2cccc(F)c2)c1. The molecule has 130 valence electrons. The van der Waals surface area contributed by atoms with E-state index in [4.69, 9.17) is 4.42 Å². The number of benzene rings is 2. The van der Waals surface area contributed by atoms with Crippen LogP contribution < -0.4 is 10.6 Å². The fourth-order valence-corrected chi connectivity index (χ4v) is 2.24. The molecule has 0 atom stereocenters. The Labute approximate surface area is 149 Å². The molecule has 0 aliphatic carbocycles. The van der Waals surface area contributed by atoms with Gasteiger partial charge in [0, 0.05) is 23.0 Å². The molecule has 0 radical (unpaired) electrons. The normalized spacial score (nSPS) is 10.7. The van der Waals surface area contributed by atoms with Crippen molar-refractivity contribution in [2.24, 2.45) is 0 Å². The highest BCUT2D eigenvalue weighted by atomic mass is 19.1. The monoisotopic (exact) mass is 350 g/mol. The smallest absolute Gasteiger partial charge is 0.255 e. The molecule has 6 heteroatoms. The van der Waals surface area contributed by atoms with Crippen LogP contribution in [0, 0.1) is 5.82 Å². The zero-order valence-corrected chi connectivity index (χ0v) is 13.6. The van der Waals surface area contributed by atoms with Gasteiger partial charge in [0.25, 0.3) is 5.91 Å². The number of amides is 2. The number of carbonyl (C=O) groups is 2. The first-order chi connectivity index (χ1) is 12.6. The fraction of sp³-hybridized carbons (Fsp3) is 0. The van der Waals surface area contributed by atoms with E-state index in [9.17, 15) is 14.0 Å². The number of hydrogen-bond donors (Lipinski definition) is 2. The lowest BCUT2D eigenvalue weighted by Gasteiger charge is -2.07. The highest BCUT2D eigenvalue weighted by Crippen LogP contribution is 2.15. The molecule has 0 unspecified atom stereocenters. The fourth-order valence-electron chi connectivity index (χ4n) is 2.24. The number of hydrogen-bond acceptors (Lipinski definition) is 3. The predicted molar refractivity (Wildman–Crippen MR) is 97.2 cm³/mol. The third-order valence-corrected chi connectivity index (χ3v) is 3.42. The Morgan fingerprint density at radius 3 is 2.42 bits per heavy atom. The molecule has 26 heavy (non-hydrogen) atoms. The Kier molecular flexibility index (Phi) is 5.24. The standard InChI is InChI=1S/C20H15FN2O3/c21-15-5-2-7-17(13-15)23-20(25)14-4-1-6-16(12-14)22-19(24)10-9-18-8-3-11-26-18/h1-13H,(H,22,24)(H,23,25). The summed E-state index contributed by atoms with van der Waals surface area (Å²) < 4.78 is 18.3. The summed E-state index contributed by atoms with van der Waals surface area (Å²) in [5, 5.41) is 5.27. The number of halogens is 1. The molecule has 3 rings (SSSR count). The molecule has 0 aliphatic heterocycles. The molecular formula is C20H15FN2O3. The number of anilines is 2. The van der Waals surface area contributed by atoms with Gasteiger partial charge in [-0.1, -0.05) is 12.1 Å². The van der Waals surface area contributed by atoms with Crippen molar-refractivity contribution in [3.63, 3.8) is 0 Å². The molecule has 0 spiro atoms. The Morgan fingerprint density at radius 2 is 1.69 bits per heavy atom. The van der Waals surface area contributed by atoms with Gasteiger partial charge in [0.2, 0.25) is 5.91 Å². The summed E-state index contributed by atoms with van der Waals surface area (Å²) in [6, 6.07) is 15.5. The average molecular weight is 350 g/mol. The van der Waals surface area contributed by atoms with Crippen molar-refractivity contribution in [2.75, 3.05) is 10.6 Å². The maximum Gasteiger partial charge on any atom is 0.255 e. The second kappa shape index (κ2) is 7.94. The molecule has 3 aromatic rings. The molecule has 1 heterocycles. The molecule has 2 amide bonds. The van der Waals surface area contributed by atoms with Gasteiger partial charge < -0.3 is 15.1 Å². The van der Waals surface area contributed by atoms with Gasteiger partial charge in [0.05, 0.1) is 6.26 Å². The van der Waals surface area contributed by atoms with Crippen LogP contribution in [-0.4, -0.2) is 11.8 Å². The van der Waals surface area contributed by atoms with E-state index in [2.05, 4.69) is 10.6 Å². The van der Waals surface area contributed by atoms with Crippen molar-refractivity contribution >= 4 is 29.3 Å². The second-order valence-corrected chi connectivity index (χ2v) is 5.38. The van der Waals surface area contributed by atoms with Crippen LogP contribution in [0.2, 0.25) is 0 Å². The minimum Gasteiger partial charge on any atom is -0.465 e. The van der Waals surface area contributed by atoms with Gasteiger partial charge in [-0.2, -0.15) is 0 Å². The Bertz CT molecular complexity index is 949. The first kappa shape index (κ1) is 17.2. The van der Waals surface area contributed by atoms with Crippen LogP contribution in [0.15, 0.2) is 77.4 Å².